The molecule has 0 aliphatic carbocycles. The molecule has 0 aliphatic heterocycles. The molecule has 0 bridgehead atoms. The van der Waals surface area contributed by atoms with Gasteiger partial charge in [0.25, 0.3) is 0 Å². The van der Waals surface area contributed by atoms with E-state index in [1.165, 1.54) is 0 Å². The fourth-order valence-corrected chi connectivity index (χ4v) is 1.59. The molecule has 2 aromatic heterocycles. The Labute approximate surface area is 94.0 Å². The summed E-state index contributed by atoms with van der Waals surface area (Å²) in [5.41, 5.74) is 0.812. The quantitative estimate of drug-likeness (QED) is 0.714. The van der Waals surface area contributed by atoms with Crippen molar-refractivity contribution in [2.24, 2.45) is 0 Å². The summed E-state index contributed by atoms with van der Waals surface area (Å²) >= 11 is 0. The largest absolute Gasteiger partial charge is 0.497 e. The number of nitrogens with zero attached hydrogens (tertiary/aromatic N) is 3. The average Bonchev–Trinajstić information content (AvgIpc) is 2.72. The van der Waals surface area contributed by atoms with E-state index in [4.69, 9.17) is 9.47 Å². The fourth-order valence-electron chi connectivity index (χ4n) is 1.59. The van der Waals surface area contributed by atoms with E-state index >= 15 is 0 Å². The van der Waals surface area contributed by atoms with Crippen molar-refractivity contribution in [1.29, 1.82) is 0 Å². The molecule has 2 rings (SSSR count). The smallest absolute Gasteiger partial charge is 0.164 e. The number of pyridine rings is 1. The number of aromatic nitrogens is 3. The molecule has 2 heterocycles. The van der Waals surface area contributed by atoms with Crippen molar-refractivity contribution in [3.8, 4) is 5.75 Å². The lowest BCUT2D eigenvalue weighted by atomic mass is 10.3. The van der Waals surface area contributed by atoms with Crippen LogP contribution in [0.2, 0.25) is 0 Å². The number of methoxy groups -OCH3 is 2. The second-order valence-electron chi connectivity index (χ2n) is 3.51. The van der Waals surface area contributed by atoms with E-state index in [1.807, 2.05) is 22.7 Å². The molecule has 0 amide bonds. The van der Waals surface area contributed by atoms with E-state index in [-0.39, 0.29) is 0 Å². The second-order valence-corrected chi connectivity index (χ2v) is 3.51. The molecule has 0 fully saturated rings. The standard InChI is InChI=1S/C11H15N3O2/c1-15-7-3-4-10-12-13-11-8-9(16-2)5-6-14(10)11/h5-6,8H,3-4,7H2,1-2H3. The van der Waals surface area contributed by atoms with Gasteiger partial charge in [-0.25, -0.2) is 0 Å². The van der Waals surface area contributed by atoms with Crippen LogP contribution in [0.3, 0.4) is 0 Å². The first-order chi connectivity index (χ1) is 7.85. The van der Waals surface area contributed by atoms with Gasteiger partial charge in [0.2, 0.25) is 0 Å². The van der Waals surface area contributed by atoms with Crippen LogP contribution in [0.4, 0.5) is 0 Å². The summed E-state index contributed by atoms with van der Waals surface area (Å²) < 4.78 is 12.1. The van der Waals surface area contributed by atoms with Crippen LogP contribution in [-0.2, 0) is 11.2 Å². The Kier molecular flexibility index (Phi) is 3.36. The molecule has 16 heavy (non-hydrogen) atoms. The van der Waals surface area contributed by atoms with Crippen LogP contribution in [0.1, 0.15) is 12.2 Å². The molecule has 0 aliphatic rings. The van der Waals surface area contributed by atoms with Crippen LogP contribution in [0.5, 0.6) is 5.75 Å². The van der Waals surface area contributed by atoms with E-state index in [0.717, 1.165) is 36.7 Å². The summed E-state index contributed by atoms with van der Waals surface area (Å²) in [5, 5.41) is 8.24. The zero-order valence-electron chi connectivity index (χ0n) is 9.51. The molecule has 5 heteroatoms. The summed E-state index contributed by atoms with van der Waals surface area (Å²) in [6.07, 6.45) is 3.74. The molecular formula is C11H15N3O2. The maximum atomic E-state index is 5.13. The minimum atomic E-state index is 0.741. The van der Waals surface area contributed by atoms with E-state index < -0.39 is 0 Å². The van der Waals surface area contributed by atoms with E-state index in [1.54, 1.807) is 14.2 Å². The first-order valence-electron chi connectivity index (χ1n) is 5.21. The van der Waals surface area contributed by atoms with Crippen LogP contribution in [0, 0.1) is 0 Å². The highest BCUT2D eigenvalue weighted by Gasteiger charge is 2.05. The molecule has 0 unspecified atom stereocenters. The second kappa shape index (κ2) is 4.94. The summed E-state index contributed by atoms with van der Waals surface area (Å²) in [6.45, 7) is 0.741. The molecule has 5 nitrogen and oxygen atoms in total. The highest BCUT2D eigenvalue weighted by Crippen LogP contribution is 2.14. The van der Waals surface area contributed by atoms with Crippen molar-refractivity contribution in [1.82, 2.24) is 14.6 Å². The maximum Gasteiger partial charge on any atom is 0.164 e. The van der Waals surface area contributed by atoms with Crippen molar-refractivity contribution in [2.75, 3.05) is 20.8 Å². The first kappa shape index (κ1) is 10.9. The molecule has 0 N–H and O–H groups in total. The van der Waals surface area contributed by atoms with Gasteiger partial charge in [0, 0.05) is 32.4 Å². The zero-order valence-corrected chi connectivity index (χ0v) is 9.51. The Bertz CT molecular complexity index is 467. The molecular weight excluding hydrogens is 206 g/mol. The minimum absolute atomic E-state index is 0.741. The highest BCUT2D eigenvalue weighted by atomic mass is 16.5. The summed E-state index contributed by atoms with van der Waals surface area (Å²) in [7, 11) is 3.34. The monoisotopic (exact) mass is 221 g/mol. The number of aryl methyl sites for hydroxylation is 1. The Morgan fingerprint density at radius 1 is 1.31 bits per heavy atom. The number of fused-ring (bicyclic) bond motifs is 1. The van der Waals surface area contributed by atoms with Crippen LogP contribution in [-0.4, -0.2) is 35.4 Å². The van der Waals surface area contributed by atoms with E-state index in [9.17, 15) is 0 Å². The van der Waals surface area contributed by atoms with Gasteiger partial charge in [0.05, 0.1) is 7.11 Å². The van der Waals surface area contributed by atoms with Crippen molar-refractivity contribution in [3.63, 3.8) is 0 Å². The Balaban J connectivity index is 2.20. The van der Waals surface area contributed by atoms with E-state index in [2.05, 4.69) is 10.2 Å². The topological polar surface area (TPSA) is 48.7 Å². The summed E-state index contributed by atoms with van der Waals surface area (Å²) in [6, 6.07) is 3.77. The van der Waals surface area contributed by atoms with Crippen molar-refractivity contribution in [2.45, 2.75) is 12.8 Å². The number of hydrogen-bond acceptors (Lipinski definition) is 4. The lowest BCUT2D eigenvalue weighted by molar-refractivity contribution is 0.194. The molecule has 2 aromatic rings. The Hall–Kier alpha value is -1.62. The molecule has 0 atom stereocenters. The lowest BCUT2D eigenvalue weighted by Gasteiger charge is -2.01. The third-order valence-electron chi connectivity index (χ3n) is 2.44. The van der Waals surface area contributed by atoms with Crippen molar-refractivity contribution >= 4 is 5.65 Å². The van der Waals surface area contributed by atoms with Gasteiger partial charge in [-0.05, 0) is 12.5 Å². The van der Waals surface area contributed by atoms with Crippen LogP contribution in [0.15, 0.2) is 18.3 Å². The van der Waals surface area contributed by atoms with Crippen LogP contribution >= 0.6 is 0 Å². The van der Waals surface area contributed by atoms with E-state index in [0.29, 0.717) is 0 Å². The number of hydrogen-bond donors (Lipinski definition) is 0. The molecule has 0 radical (unpaired) electrons. The average molecular weight is 221 g/mol. The van der Waals surface area contributed by atoms with Gasteiger partial charge >= 0.3 is 0 Å². The van der Waals surface area contributed by atoms with Crippen molar-refractivity contribution < 1.29 is 9.47 Å². The first-order valence-corrected chi connectivity index (χ1v) is 5.21. The lowest BCUT2D eigenvalue weighted by Crippen LogP contribution is -1.98. The highest BCUT2D eigenvalue weighted by molar-refractivity contribution is 5.43. The van der Waals surface area contributed by atoms with Crippen molar-refractivity contribution in [3.05, 3.63) is 24.2 Å². The fraction of sp³-hybridized carbons (Fsp3) is 0.455. The Morgan fingerprint density at radius 3 is 2.94 bits per heavy atom. The van der Waals surface area contributed by atoms with Gasteiger partial charge in [0.1, 0.15) is 11.6 Å². The molecule has 0 saturated heterocycles. The summed E-state index contributed by atoms with van der Waals surface area (Å²) in [5.74, 6) is 1.75. The van der Waals surface area contributed by atoms with Gasteiger partial charge in [-0.1, -0.05) is 0 Å². The van der Waals surface area contributed by atoms with Crippen LogP contribution in [0.25, 0.3) is 5.65 Å². The van der Waals surface area contributed by atoms with Gasteiger partial charge < -0.3 is 9.47 Å². The maximum absolute atomic E-state index is 5.13. The van der Waals surface area contributed by atoms with Crippen LogP contribution < -0.4 is 4.74 Å². The third-order valence-corrected chi connectivity index (χ3v) is 2.44. The normalized spacial score (nSPS) is 10.9. The molecule has 0 aromatic carbocycles. The van der Waals surface area contributed by atoms with Gasteiger partial charge in [-0.15, -0.1) is 10.2 Å². The third kappa shape index (κ3) is 2.14. The molecule has 0 saturated carbocycles. The minimum Gasteiger partial charge on any atom is -0.497 e. The molecule has 0 spiro atoms. The predicted molar refractivity (Wildman–Crippen MR) is 59.7 cm³/mol. The van der Waals surface area contributed by atoms with Gasteiger partial charge in [-0.3, -0.25) is 4.40 Å². The van der Waals surface area contributed by atoms with Gasteiger partial charge in [0.15, 0.2) is 5.65 Å². The number of rotatable bonds is 5. The Morgan fingerprint density at radius 2 is 2.19 bits per heavy atom. The zero-order chi connectivity index (χ0) is 11.4. The molecule has 86 valence electrons. The van der Waals surface area contributed by atoms with Gasteiger partial charge in [-0.2, -0.15) is 0 Å². The SMILES string of the molecule is COCCCc1nnc2cc(OC)ccn12. The summed E-state index contributed by atoms with van der Waals surface area (Å²) in [4.78, 5) is 0. The number of ether oxygens (including phenoxy) is 2. The predicted octanol–water partition coefficient (Wildman–Crippen LogP) is 1.32.